The highest BCUT2D eigenvalue weighted by Crippen LogP contribution is 2.27. The molecule has 3 N–H and O–H groups in total. The number of piperazine rings is 1. The third-order valence-corrected chi connectivity index (χ3v) is 5.69. The number of aromatic nitrogens is 2. The Morgan fingerprint density at radius 3 is 2.66 bits per heavy atom. The summed E-state index contributed by atoms with van der Waals surface area (Å²) in [5, 5.41) is 5.86. The Kier molecular flexibility index (Phi) is 5.59. The van der Waals surface area contributed by atoms with Crippen LogP contribution in [0.2, 0.25) is 0 Å². The first kappa shape index (κ1) is 19.2. The van der Waals surface area contributed by atoms with Crippen molar-refractivity contribution in [2.24, 2.45) is 5.92 Å². The number of imidazole rings is 1. The van der Waals surface area contributed by atoms with Gasteiger partial charge in [-0.1, -0.05) is 18.2 Å². The fraction of sp³-hybridized carbons (Fsp3) is 0.429. The minimum atomic E-state index is -0.125. The third kappa shape index (κ3) is 4.31. The Morgan fingerprint density at radius 1 is 1.14 bits per heavy atom. The lowest BCUT2D eigenvalue weighted by atomic mass is 9.85. The van der Waals surface area contributed by atoms with E-state index < -0.39 is 0 Å². The van der Waals surface area contributed by atoms with E-state index in [9.17, 15) is 14.4 Å². The number of amides is 3. The molecule has 8 heteroatoms. The number of H-pyrrole nitrogens is 1. The van der Waals surface area contributed by atoms with E-state index in [-0.39, 0.29) is 36.2 Å². The number of benzene rings is 1. The molecule has 1 aliphatic carbocycles. The maximum absolute atomic E-state index is 12.9. The molecule has 29 heavy (non-hydrogen) atoms. The number of nitrogens with one attached hydrogen (secondary N) is 3. The van der Waals surface area contributed by atoms with Crippen molar-refractivity contribution < 1.29 is 14.4 Å². The molecule has 3 amide bonds. The molecular weight excluding hydrogens is 370 g/mol. The van der Waals surface area contributed by atoms with Crippen LogP contribution in [-0.4, -0.2) is 58.3 Å². The van der Waals surface area contributed by atoms with Gasteiger partial charge in [-0.15, -0.1) is 0 Å². The highest BCUT2D eigenvalue weighted by Gasteiger charge is 2.32. The molecule has 0 atom stereocenters. The van der Waals surface area contributed by atoms with E-state index in [2.05, 4.69) is 20.6 Å². The van der Waals surface area contributed by atoms with Crippen LogP contribution < -0.4 is 10.6 Å². The average molecular weight is 395 g/mol. The van der Waals surface area contributed by atoms with E-state index >= 15 is 0 Å². The monoisotopic (exact) mass is 395 g/mol. The Balaban J connectivity index is 1.34. The first-order valence-electron chi connectivity index (χ1n) is 10.1. The van der Waals surface area contributed by atoms with Gasteiger partial charge in [0.2, 0.25) is 11.8 Å². The van der Waals surface area contributed by atoms with E-state index in [4.69, 9.17) is 0 Å². The Bertz CT molecular complexity index is 887. The van der Waals surface area contributed by atoms with Gasteiger partial charge in [-0.05, 0) is 31.7 Å². The van der Waals surface area contributed by atoms with Gasteiger partial charge in [0.25, 0.3) is 5.91 Å². The van der Waals surface area contributed by atoms with Crippen molar-refractivity contribution in [1.29, 1.82) is 0 Å². The highest BCUT2D eigenvalue weighted by atomic mass is 16.2. The van der Waals surface area contributed by atoms with Crippen LogP contribution in [0.25, 0.3) is 11.4 Å². The molecule has 8 nitrogen and oxygen atoms in total. The lowest BCUT2D eigenvalue weighted by Crippen LogP contribution is -2.52. The third-order valence-electron chi connectivity index (χ3n) is 5.69. The summed E-state index contributed by atoms with van der Waals surface area (Å²) in [6.07, 6.45) is 6.35. The Hall–Kier alpha value is -3.16. The van der Waals surface area contributed by atoms with Crippen LogP contribution in [0.1, 0.15) is 36.0 Å². The summed E-state index contributed by atoms with van der Waals surface area (Å²) in [7, 11) is 0. The van der Waals surface area contributed by atoms with E-state index in [0.29, 0.717) is 24.5 Å². The van der Waals surface area contributed by atoms with E-state index in [0.717, 1.165) is 31.2 Å². The van der Waals surface area contributed by atoms with Gasteiger partial charge in [-0.3, -0.25) is 14.4 Å². The normalized spacial score (nSPS) is 22.1. The Labute approximate surface area is 169 Å². The molecule has 1 saturated heterocycles. The smallest absolute Gasteiger partial charge is 0.252 e. The zero-order valence-electron chi connectivity index (χ0n) is 16.2. The second-order valence-corrected chi connectivity index (χ2v) is 7.62. The minimum Gasteiger partial charge on any atom is -0.353 e. The summed E-state index contributed by atoms with van der Waals surface area (Å²) in [4.78, 5) is 46.0. The Morgan fingerprint density at radius 2 is 1.93 bits per heavy atom. The summed E-state index contributed by atoms with van der Waals surface area (Å²) < 4.78 is 0. The van der Waals surface area contributed by atoms with Crippen LogP contribution in [0, 0.1) is 5.92 Å². The molecule has 2 fully saturated rings. The zero-order valence-corrected chi connectivity index (χ0v) is 16.2. The fourth-order valence-electron chi connectivity index (χ4n) is 4.13. The van der Waals surface area contributed by atoms with Crippen LogP contribution in [0.4, 0.5) is 0 Å². The van der Waals surface area contributed by atoms with Crippen molar-refractivity contribution >= 4 is 17.7 Å². The van der Waals surface area contributed by atoms with Gasteiger partial charge >= 0.3 is 0 Å². The molecule has 1 aromatic heterocycles. The zero-order chi connectivity index (χ0) is 20.2. The number of nitrogens with zero attached hydrogens (tertiary/aromatic N) is 2. The summed E-state index contributed by atoms with van der Waals surface area (Å²) in [6, 6.07) is 7.43. The van der Waals surface area contributed by atoms with Crippen LogP contribution in [0.3, 0.4) is 0 Å². The van der Waals surface area contributed by atoms with Gasteiger partial charge < -0.3 is 20.5 Å². The largest absolute Gasteiger partial charge is 0.353 e. The fourth-order valence-corrected chi connectivity index (χ4v) is 4.13. The van der Waals surface area contributed by atoms with Gasteiger partial charge in [0.05, 0.1) is 12.1 Å². The molecule has 1 saturated carbocycles. The number of carbonyl (C=O) groups is 3. The molecule has 0 radical (unpaired) electrons. The van der Waals surface area contributed by atoms with Crippen molar-refractivity contribution in [2.75, 3.05) is 19.6 Å². The van der Waals surface area contributed by atoms with E-state index in [1.54, 1.807) is 23.4 Å². The molecule has 2 aliphatic rings. The predicted molar refractivity (Wildman–Crippen MR) is 107 cm³/mol. The second-order valence-electron chi connectivity index (χ2n) is 7.62. The molecule has 152 valence electrons. The summed E-state index contributed by atoms with van der Waals surface area (Å²) >= 11 is 0. The molecule has 0 unspecified atom stereocenters. The second kappa shape index (κ2) is 8.46. The minimum absolute atomic E-state index is 0.0425. The first-order valence-corrected chi connectivity index (χ1v) is 10.1. The van der Waals surface area contributed by atoms with Crippen molar-refractivity contribution in [2.45, 2.75) is 31.7 Å². The molecule has 0 spiro atoms. The number of rotatable bonds is 4. The van der Waals surface area contributed by atoms with Gasteiger partial charge in [0.1, 0.15) is 5.82 Å². The summed E-state index contributed by atoms with van der Waals surface area (Å²) in [6.45, 7) is 1.24. The number of hydrogen-bond acceptors (Lipinski definition) is 4. The summed E-state index contributed by atoms with van der Waals surface area (Å²) in [5.41, 5.74) is 1.35. The van der Waals surface area contributed by atoms with E-state index in [1.807, 2.05) is 18.2 Å². The van der Waals surface area contributed by atoms with Gasteiger partial charge in [0.15, 0.2) is 0 Å². The molecule has 2 aromatic rings. The topological polar surface area (TPSA) is 107 Å². The number of aromatic amines is 1. The number of hydrogen-bond donors (Lipinski definition) is 3. The van der Waals surface area contributed by atoms with Crippen molar-refractivity contribution in [3.05, 3.63) is 42.2 Å². The lowest BCUT2D eigenvalue weighted by molar-refractivity contribution is -0.142. The van der Waals surface area contributed by atoms with Crippen LogP contribution in [0.5, 0.6) is 0 Å². The summed E-state index contributed by atoms with van der Waals surface area (Å²) in [5.74, 6) is 0.438. The van der Waals surface area contributed by atoms with Crippen LogP contribution in [0.15, 0.2) is 36.7 Å². The lowest BCUT2D eigenvalue weighted by Gasteiger charge is -2.34. The van der Waals surface area contributed by atoms with Crippen molar-refractivity contribution in [3.8, 4) is 11.4 Å². The quantitative estimate of drug-likeness (QED) is 0.726. The molecule has 1 aliphatic heterocycles. The standard InChI is InChI=1S/C21H25N5O3/c27-18-13-26(12-11-22-18)21(29)14-5-7-15(8-6-14)25-20(28)17-4-2-1-3-16(17)19-23-9-10-24-19/h1-4,9-10,14-15H,5-8,11-13H2,(H,22,27)(H,23,24)(H,25,28). The van der Waals surface area contributed by atoms with Gasteiger partial charge in [-0.25, -0.2) is 4.98 Å². The highest BCUT2D eigenvalue weighted by molar-refractivity contribution is 6.00. The first-order chi connectivity index (χ1) is 14.1. The van der Waals surface area contributed by atoms with Gasteiger partial charge in [-0.2, -0.15) is 0 Å². The average Bonchev–Trinajstić information content (AvgIpc) is 3.28. The number of carbonyl (C=O) groups excluding carboxylic acids is 3. The van der Waals surface area contributed by atoms with Crippen LogP contribution >= 0.6 is 0 Å². The van der Waals surface area contributed by atoms with Gasteiger partial charge in [0, 0.05) is 43.0 Å². The molecule has 4 rings (SSSR count). The van der Waals surface area contributed by atoms with Crippen molar-refractivity contribution in [3.63, 3.8) is 0 Å². The molecule has 0 bridgehead atoms. The van der Waals surface area contributed by atoms with Crippen molar-refractivity contribution in [1.82, 2.24) is 25.5 Å². The van der Waals surface area contributed by atoms with Crippen LogP contribution in [-0.2, 0) is 9.59 Å². The maximum atomic E-state index is 12.9. The SMILES string of the molecule is O=C1CN(C(=O)C2CCC(NC(=O)c3ccccc3-c3ncc[nH]3)CC2)CCN1. The maximum Gasteiger partial charge on any atom is 0.252 e. The van der Waals surface area contributed by atoms with E-state index in [1.165, 1.54) is 0 Å². The molecule has 2 heterocycles. The molecular formula is C21H25N5O3. The predicted octanol–water partition coefficient (Wildman–Crippen LogP) is 1.32. The molecule has 1 aromatic carbocycles.